The van der Waals surface area contributed by atoms with Crippen LogP contribution in [0.25, 0.3) is 27.7 Å². The Morgan fingerprint density at radius 1 is 0.953 bits per heavy atom. The summed E-state index contributed by atoms with van der Waals surface area (Å²) < 4.78 is 7.72. The molecule has 214 valence electrons. The van der Waals surface area contributed by atoms with Gasteiger partial charge in [0.2, 0.25) is 11.8 Å². The molecule has 3 heterocycles. The molecule has 11 nitrogen and oxygen atoms in total. The Hall–Kier alpha value is -5.68. The number of hydrogen-bond acceptors (Lipinski definition) is 9. The molecule has 0 fully saturated rings. The van der Waals surface area contributed by atoms with E-state index in [2.05, 4.69) is 35.8 Å². The molecule has 0 bridgehead atoms. The van der Waals surface area contributed by atoms with Gasteiger partial charge in [-0.25, -0.2) is 15.0 Å². The molecular formula is C32H29N9O2. The lowest BCUT2D eigenvalue weighted by Gasteiger charge is -2.13. The van der Waals surface area contributed by atoms with E-state index in [9.17, 15) is 4.79 Å². The fourth-order valence-corrected chi connectivity index (χ4v) is 4.52. The Labute approximate surface area is 247 Å². The van der Waals surface area contributed by atoms with Gasteiger partial charge in [-0.3, -0.25) is 9.20 Å². The number of fused-ring (bicyclic) bond motifs is 2. The first kappa shape index (κ1) is 27.5. The van der Waals surface area contributed by atoms with E-state index >= 15 is 0 Å². The number of rotatable bonds is 9. The molecule has 0 saturated carbocycles. The Morgan fingerprint density at radius 2 is 1.84 bits per heavy atom. The van der Waals surface area contributed by atoms with Crippen molar-refractivity contribution in [1.82, 2.24) is 34.4 Å². The van der Waals surface area contributed by atoms with Gasteiger partial charge in [0.15, 0.2) is 5.65 Å². The number of hydrogen-bond donors (Lipinski definition) is 2. The zero-order chi connectivity index (χ0) is 29.8. The Morgan fingerprint density at radius 3 is 2.70 bits per heavy atom. The number of likely N-dealkylation sites (N-methyl/N-ethyl adjacent to an activating group) is 1. The summed E-state index contributed by atoms with van der Waals surface area (Å²) in [4.78, 5) is 27.6. The number of amides is 1. The van der Waals surface area contributed by atoms with Crippen LogP contribution < -0.4 is 15.4 Å². The van der Waals surface area contributed by atoms with E-state index in [4.69, 9.17) is 4.74 Å². The number of aryl methyl sites for hydroxylation is 1. The van der Waals surface area contributed by atoms with E-state index < -0.39 is 0 Å². The lowest BCUT2D eigenvalue weighted by atomic mass is 10.0. The number of benzene rings is 3. The third-order valence-corrected chi connectivity index (χ3v) is 6.65. The molecule has 11 heteroatoms. The first-order valence-corrected chi connectivity index (χ1v) is 13.6. The summed E-state index contributed by atoms with van der Waals surface area (Å²) in [5, 5.41) is 15.1. The summed E-state index contributed by atoms with van der Waals surface area (Å²) in [6.07, 6.45) is 8.12. The summed E-state index contributed by atoms with van der Waals surface area (Å²) >= 11 is 0. The van der Waals surface area contributed by atoms with Crippen LogP contribution in [0.5, 0.6) is 11.6 Å². The van der Waals surface area contributed by atoms with Crippen molar-refractivity contribution in [2.45, 2.75) is 6.92 Å². The van der Waals surface area contributed by atoms with Crippen molar-refractivity contribution in [3.8, 4) is 22.8 Å². The fourth-order valence-electron chi connectivity index (χ4n) is 4.52. The van der Waals surface area contributed by atoms with Crippen LogP contribution in [0.15, 0.2) is 97.9 Å². The molecule has 0 unspecified atom stereocenters. The second-order valence-corrected chi connectivity index (χ2v) is 10.2. The van der Waals surface area contributed by atoms with Crippen LogP contribution >= 0.6 is 0 Å². The van der Waals surface area contributed by atoms with Crippen LogP contribution in [-0.2, 0) is 4.79 Å². The van der Waals surface area contributed by atoms with Crippen LogP contribution in [0, 0.1) is 6.92 Å². The third-order valence-electron chi connectivity index (χ3n) is 6.65. The van der Waals surface area contributed by atoms with E-state index in [0.717, 1.165) is 33.3 Å². The number of nitrogens with one attached hydrogen (secondary N) is 2. The predicted molar refractivity (Wildman–Crippen MR) is 167 cm³/mol. The van der Waals surface area contributed by atoms with Crippen LogP contribution in [-0.4, -0.2) is 61.0 Å². The molecule has 6 aromatic rings. The normalized spacial score (nSPS) is 11.4. The van der Waals surface area contributed by atoms with Crippen LogP contribution in [0.3, 0.4) is 0 Å². The second kappa shape index (κ2) is 12.0. The monoisotopic (exact) mass is 571 g/mol. The quantitative estimate of drug-likeness (QED) is 0.212. The van der Waals surface area contributed by atoms with Crippen LogP contribution in [0.4, 0.5) is 17.2 Å². The average Bonchev–Trinajstić information content (AvgIpc) is 3.47. The Balaban J connectivity index is 1.21. The maximum atomic E-state index is 12.4. The summed E-state index contributed by atoms with van der Waals surface area (Å²) in [5.41, 5.74) is 5.88. The van der Waals surface area contributed by atoms with Crippen LogP contribution in [0.1, 0.15) is 5.56 Å². The van der Waals surface area contributed by atoms with Gasteiger partial charge in [0.05, 0.1) is 5.52 Å². The van der Waals surface area contributed by atoms with Crippen molar-refractivity contribution in [3.63, 3.8) is 0 Å². The lowest BCUT2D eigenvalue weighted by molar-refractivity contribution is -0.111. The molecule has 0 spiro atoms. The van der Waals surface area contributed by atoms with Gasteiger partial charge in [-0.15, -0.1) is 10.2 Å². The molecule has 0 aliphatic heterocycles. The van der Waals surface area contributed by atoms with E-state index in [1.165, 1.54) is 0 Å². The highest BCUT2D eigenvalue weighted by atomic mass is 16.5. The van der Waals surface area contributed by atoms with Crippen molar-refractivity contribution in [2.24, 2.45) is 0 Å². The molecular weight excluding hydrogens is 542 g/mol. The van der Waals surface area contributed by atoms with E-state index in [1.807, 2.05) is 92.7 Å². The first-order chi connectivity index (χ1) is 20.9. The minimum absolute atomic E-state index is 0.170. The fraction of sp³-hybridized carbons (Fsp3) is 0.125. The zero-order valence-corrected chi connectivity index (χ0v) is 23.9. The SMILES string of the molecule is Cc1cc(Nc2ncnc3ccc(-c4cccc(NC(=O)/C=C/CN(C)C)c4)cc23)ccc1Oc1cc2nncn2cn1. The summed E-state index contributed by atoms with van der Waals surface area (Å²) in [7, 11) is 3.91. The topological polar surface area (TPSA) is 122 Å². The Kier molecular flexibility index (Phi) is 7.70. The number of aromatic nitrogens is 6. The Bertz CT molecular complexity index is 1970. The molecule has 0 atom stereocenters. The van der Waals surface area contributed by atoms with E-state index in [0.29, 0.717) is 35.3 Å². The molecule has 3 aromatic carbocycles. The van der Waals surface area contributed by atoms with Gasteiger partial charge >= 0.3 is 0 Å². The zero-order valence-electron chi connectivity index (χ0n) is 23.9. The molecule has 0 radical (unpaired) electrons. The summed E-state index contributed by atoms with van der Waals surface area (Å²) in [6.45, 7) is 2.66. The highest BCUT2D eigenvalue weighted by Gasteiger charge is 2.10. The molecule has 43 heavy (non-hydrogen) atoms. The molecule has 0 aliphatic carbocycles. The van der Waals surface area contributed by atoms with Crippen LogP contribution in [0.2, 0.25) is 0 Å². The number of carbonyl (C=O) groups excluding carboxylic acids is 1. The standard InChI is InChI=1S/C32H29N9O2/c1-21-14-25(10-12-28(21)43-31-17-29-39-36-20-41(29)19-35-31)38-32-26-16-23(9-11-27(26)33-18-34-32)22-6-4-7-24(15-22)37-30(42)8-5-13-40(2)3/h4-12,14-20H,13H2,1-3H3,(H,37,42)(H,33,34,38)/b8-5+. The number of anilines is 3. The largest absolute Gasteiger partial charge is 0.439 e. The summed E-state index contributed by atoms with van der Waals surface area (Å²) in [6, 6.07) is 21.3. The first-order valence-electron chi connectivity index (χ1n) is 13.6. The number of ether oxygens (including phenoxy) is 1. The predicted octanol–water partition coefficient (Wildman–Crippen LogP) is 5.64. The molecule has 1 amide bonds. The highest BCUT2D eigenvalue weighted by molar-refractivity contribution is 6.00. The maximum absolute atomic E-state index is 12.4. The van der Waals surface area contributed by atoms with Gasteiger partial charge in [0, 0.05) is 35.4 Å². The number of carbonyl (C=O) groups is 1. The summed E-state index contributed by atoms with van der Waals surface area (Å²) in [5.74, 6) is 1.62. The lowest BCUT2D eigenvalue weighted by Crippen LogP contribution is -2.12. The van der Waals surface area contributed by atoms with E-state index in [-0.39, 0.29) is 5.91 Å². The molecule has 2 N–H and O–H groups in total. The van der Waals surface area contributed by atoms with Gasteiger partial charge in [-0.2, -0.15) is 0 Å². The van der Waals surface area contributed by atoms with Gasteiger partial charge in [0.25, 0.3) is 0 Å². The van der Waals surface area contributed by atoms with Gasteiger partial charge in [0.1, 0.15) is 30.5 Å². The van der Waals surface area contributed by atoms with Crippen molar-refractivity contribution >= 4 is 39.6 Å². The molecule has 0 aliphatic rings. The average molecular weight is 572 g/mol. The van der Waals surface area contributed by atoms with Crippen molar-refractivity contribution in [2.75, 3.05) is 31.3 Å². The smallest absolute Gasteiger partial charge is 0.248 e. The highest BCUT2D eigenvalue weighted by Crippen LogP contribution is 2.32. The second-order valence-electron chi connectivity index (χ2n) is 10.2. The molecule has 0 saturated heterocycles. The van der Waals surface area contributed by atoms with E-state index in [1.54, 1.807) is 35.5 Å². The minimum atomic E-state index is -0.170. The van der Waals surface area contributed by atoms with Gasteiger partial charge in [-0.05, 0) is 80.2 Å². The number of nitrogens with zero attached hydrogens (tertiary/aromatic N) is 7. The minimum Gasteiger partial charge on any atom is -0.439 e. The van der Waals surface area contributed by atoms with Gasteiger partial charge < -0.3 is 20.3 Å². The molecule has 3 aromatic heterocycles. The van der Waals surface area contributed by atoms with Crippen molar-refractivity contribution in [1.29, 1.82) is 0 Å². The third kappa shape index (κ3) is 6.47. The molecule has 6 rings (SSSR count). The van der Waals surface area contributed by atoms with Gasteiger partial charge in [-0.1, -0.05) is 24.3 Å². The van der Waals surface area contributed by atoms with Crippen molar-refractivity contribution < 1.29 is 9.53 Å². The maximum Gasteiger partial charge on any atom is 0.248 e. The van der Waals surface area contributed by atoms with Crippen molar-refractivity contribution in [3.05, 3.63) is 103 Å².